The van der Waals surface area contributed by atoms with Crippen molar-refractivity contribution in [2.45, 2.75) is 26.2 Å². The van der Waals surface area contributed by atoms with E-state index in [1.54, 1.807) is 48.5 Å². The molecular formula is C34H28N6O8. The topological polar surface area (TPSA) is 179 Å². The average molecular weight is 649 g/mol. The summed E-state index contributed by atoms with van der Waals surface area (Å²) in [5, 5.41) is 44.7. The van der Waals surface area contributed by atoms with Crippen LogP contribution >= 0.6 is 0 Å². The molecule has 14 nitrogen and oxygen atoms in total. The van der Waals surface area contributed by atoms with Crippen LogP contribution in [0.5, 0.6) is 0 Å². The van der Waals surface area contributed by atoms with Crippen molar-refractivity contribution in [1.29, 1.82) is 0 Å². The summed E-state index contributed by atoms with van der Waals surface area (Å²) in [5.41, 5.74) is 4.85. The van der Waals surface area contributed by atoms with Crippen molar-refractivity contribution in [3.05, 3.63) is 184 Å². The predicted molar refractivity (Wildman–Crippen MR) is 179 cm³/mol. The summed E-state index contributed by atoms with van der Waals surface area (Å²) in [7, 11) is 0. The van der Waals surface area contributed by atoms with Crippen molar-refractivity contribution in [2.75, 3.05) is 9.80 Å². The Kier molecular flexibility index (Phi) is 9.94. The highest BCUT2D eigenvalue weighted by Crippen LogP contribution is 2.28. The normalized spacial score (nSPS) is 10.7. The highest BCUT2D eigenvalue weighted by Gasteiger charge is 2.16. The first kappa shape index (κ1) is 32.7. The lowest BCUT2D eigenvalue weighted by Crippen LogP contribution is -2.24. The van der Waals surface area contributed by atoms with E-state index in [4.69, 9.17) is 0 Å². The van der Waals surface area contributed by atoms with E-state index in [1.807, 2.05) is 34.1 Å². The van der Waals surface area contributed by atoms with Crippen molar-refractivity contribution in [1.82, 2.24) is 0 Å². The highest BCUT2D eigenvalue weighted by atomic mass is 16.6. The molecular weight excluding hydrogens is 620 g/mol. The molecule has 0 N–H and O–H groups in total. The molecule has 0 heterocycles. The van der Waals surface area contributed by atoms with Gasteiger partial charge in [0.2, 0.25) is 0 Å². The molecule has 5 aromatic carbocycles. The summed E-state index contributed by atoms with van der Waals surface area (Å²) in [6.07, 6.45) is 0. The van der Waals surface area contributed by atoms with Crippen LogP contribution in [0, 0.1) is 40.5 Å². The first-order valence-electron chi connectivity index (χ1n) is 14.6. The molecule has 0 amide bonds. The van der Waals surface area contributed by atoms with E-state index in [2.05, 4.69) is 0 Å². The van der Waals surface area contributed by atoms with Crippen molar-refractivity contribution in [2.24, 2.45) is 0 Å². The van der Waals surface area contributed by atoms with Crippen LogP contribution in [0.15, 0.2) is 121 Å². The van der Waals surface area contributed by atoms with Crippen LogP contribution in [0.3, 0.4) is 0 Å². The van der Waals surface area contributed by atoms with Gasteiger partial charge in [-0.1, -0.05) is 48.5 Å². The molecule has 14 heteroatoms. The molecule has 242 valence electrons. The molecule has 0 saturated carbocycles. The third-order valence-electron chi connectivity index (χ3n) is 7.66. The second-order valence-corrected chi connectivity index (χ2v) is 10.9. The first-order valence-corrected chi connectivity index (χ1v) is 14.6. The Morgan fingerprint density at radius 1 is 0.333 bits per heavy atom. The van der Waals surface area contributed by atoms with Crippen LogP contribution in [-0.4, -0.2) is 19.7 Å². The largest absolute Gasteiger partial charge is 0.363 e. The van der Waals surface area contributed by atoms with Crippen LogP contribution in [0.4, 0.5) is 34.1 Å². The molecule has 0 spiro atoms. The number of benzene rings is 5. The van der Waals surface area contributed by atoms with Crippen LogP contribution in [0.1, 0.15) is 22.3 Å². The fourth-order valence-electron chi connectivity index (χ4n) is 5.13. The van der Waals surface area contributed by atoms with Gasteiger partial charge in [0.15, 0.2) is 0 Å². The summed E-state index contributed by atoms with van der Waals surface area (Å²) in [6, 6.07) is 32.7. The smallest absolute Gasteiger partial charge is 0.269 e. The van der Waals surface area contributed by atoms with E-state index in [-0.39, 0.29) is 22.7 Å². The van der Waals surface area contributed by atoms with Crippen molar-refractivity contribution in [3.8, 4) is 0 Å². The van der Waals surface area contributed by atoms with Gasteiger partial charge in [-0.15, -0.1) is 0 Å². The molecule has 0 aromatic heterocycles. The van der Waals surface area contributed by atoms with Crippen LogP contribution < -0.4 is 9.80 Å². The third-order valence-corrected chi connectivity index (χ3v) is 7.66. The minimum absolute atomic E-state index is 0.0221. The summed E-state index contributed by atoms with van der Waals surface area (Å²) < 4.78 is 0. The zero-order valence-corrected chi connectivity index (χ0v) is 25.3. The van der Waals surface area contributed by atoms with E-state index >= 15 is 0 Å². The number of nitro groups is 4. The monoisotopic (exact) mass is 648 g/mol. The molecule has 0 fully saturated rings. The zero-order chi connectivity index (χ0) is 34.2. The molecule has 0 aliphatic carbocycles. The molecule has 5 aromatic rings. The van der Waals surface area contributed by atoms with Crippen molar-refractivity contribution < 1.29 is 19.7 Å². The van der Waals surface area contributed by atoms with Crippen LogP contribution in [-0.2, 0) is 26.2 Å². The summed E-state index contributed by atoms with van der Waals surface area (Å²) in [4.78, 5) is 46.9. The summed E-state index contributed by atoms with van der Waals surface area (Å²) >= 11 is 0. The van der Waals surface area contributed by atoms with Crippen molar-refractivity contribution >= 4 is 34.1 Å². The van der Waals surface area contributed by atoms with Gasteiger partial charge < -0.3 is 9.80 Å². The lowest BCUT2D eigenvalue weighted by Gasteiger charge is -2.28. The number of nitro benzene ring substituents is 4. The number of rotatable bonds is 14. The SMILES string of the molecule is O=[N+]([O-])c1ccc(CN(Cc2ccc([N+](=O)[O-])cc2)c2ccc(N(Cc3ccc([N+](=O)[O-])cc3)Cc3ccc([N+](=O)[O-])cc3)cc2)cc1. The Balaban J connectivity index is 1.44. The van der Waals surface area contributed by atoms with E-state index in [9.17, 15) is 40.5 Å². The van der Waals surface area contributed by atoms with E-state index < -0.39 is 19.7 Å². The fraction of sp³-hybridized carbons (Fsp3) is 0.118. The number of hydrogen-bond donors (Lipinski definition) is 0. The Morgan fingerprint density at radius 2 is 0.521 bits per heavy atom. The quantitative estimate of drug-likeness (QED) is 0.0854. The molecule has 0 atom stereocenters. The number of anilines is 2. The second-order valence-electron chi connectivity index (χ2n) is 10.9. The van der Waals surface area contributed by atoms with Crippen molar-refractivity contribution in [3.63, 3.8) is 0 Å². The maximum absolute atomic E-state index is 11.2. The molecule has 5 rings (SSSR count). The van der Waals surface area contributed by atoms with E-state index in [1.165, 1.54) is 48.5 Å². The lowest BCUT2D eigenvalue weighted by atomic mass is 10.1. The Morgan fingerprint density at radius 3 is 0.688 bits per heavy atom. The van der Waals surface area contributed by atoms with Gasteiger partial charge in [0.1, 0.15) is 0 Å². The number of non-ortho nitro benzene ring substituents is 4. The van der Waals surface area contributed by atoms with Gasteiger partial charge in [0.25, 0.3) is 22.7 Å². The van der Waals surface area contributed by atoms with E-state index in [0.29, 0.717) is 26.2 Å². The molecule has 0 bridgehead atoms. The molecule has 48 heavy (non-hydrogen) atoms. The summed E-state index contributed by atoms with van der Waals surface area (Å²) in [6.45, 7) is 1.57. The first-order chi connectivity index (χ1) is 23.0. The second kappa shape index (κ2) is 14.6. The standard InChI is InChI=1S/C34H28N6O8/c41-37(42)31-9-1-25(2-10-31)21-35(22-26-3-11-32(12-4-26)38(43)44)29-17-19-30(20-18-29)36(23-27-5-13-33(14-6-27)39(45)46)24-28-7-15-34(16-8-28)40(47)48/h1-20H,21-24H2. The van der Waals surface area contributed by atoms with Gasteiger partial charge in [-0.25, -0.2) is 0 Å². The zero-order valence-electron chi connectivity index (χ0n) is 25.3. The van der Waals surface area contributed by atoms with Gasteiger partial charge in [-0.2, -0.15) is 0 Å². The van der Waals surface area contributed by atoms with Crippen LogP contribution in [0.2, 0.25) is 0 Å². The minimum atomic E-state index is -0.462. The maximum atomic E-state index is 11.2. The summed E-state index contributed by atoms with van der Waals surface area (Å²) in [5.74, 6) is 0. The minimum Gasteiger partial charge on any atom is -0.363 e. The molecule has 0 unspecified atom stereocenters. The van der Waals surface area contributed by atoms with Crippen LogP contribution in [0.25, 0.3) is 0 Å². The molecule has 0 aliphatic heterocycles. The van der Waals surface area contributed by atoms with Gasteiger partial charge in [0, 0.05) is 86.1 Å². The van der Waals surface area contributed by atoms with Gasteiger partial charge in [-0.3, -0.25) is 40.5 Å². The van der Waals surface area contributed by atoms with Gasteiger partial charge in [-0.05, 0) is 46.5 Å². The number of hydrogen-bond acceptors (Lipinski definition) is 10. The van der Waals surface area contributed by atoms with E-state index in [0.717, 1.165) is 33.6 Å². The Bertz CT molecular complexity index is 1660. The maximum Gasteiger partial charge on any atom is 0.269 e. The molecule has 0 aliphatic rings. The third kappa shape index (κ3) is 8.31. The molecule has 0 saturated heterocycles. The average Bonchev–Trinajstić information content (AvgIpc) is 3.08. The lowest BCUT2D eigenvalue weighted by molar-refractivity contribution is -0.385. The predicted octanol–water partition coefficient (Wildman–Crippen LogP) is 7.73. The van der Waals surface area contributed by atoms with Gasteiger partial charge in [0.05, 0.1) is 19.7 Å². The van der Waals surface area contributed by atoms with Gasteiger partial charge >= 0.3 is 0 Å². The molecule has 0 radical (unpaired) electrons. The highest BCUT2D eigenvalue weighted by molar-refractivity contribution is 5.58. The Labute approximate surface area is 273 Å². The fourth-order valence-corrected chi connectivity index (χ4v) is 5.13. The number of nitrogens with zero attached hydrogens (tertiary/aromatic N) is 6. The Hall–Kier alpha value is -6.70.